The van der Waals surface area contributed by atoms with Crippen molar-refractivity contribution in [3.8, 4) is 0 Å². The molecule has 1 saturated carbocycles. The third-order valence-corrected chi connectivity index (χ3v) is 4.61. The van der Waals surface area contributed by atoms with Crippen LogP contribution in [0.4, 0.5) is 0 Å². The summed E-state index contributed by atoms with van der Waals surface area (Å²) in [5.41, 5.74) is 2.76. The third-order valence-electron chi connectivity index (χ3n) is 4.61. The Hall–Kier alpha value is -0.820. The van der Waals surface area contributed by atoms with Crippen molar-refractivity contribution in [1.29, 1.82) is 0 Å². The largest absolute Gasteiger partial charge is 0.307 e. The number of benzene rings is 1. The van der Waals surface area contributed by atoms with Crippen LogP contribution in [0.5, 0.6) is 0 Å². The molecule has 1 nitrogen and oxygen atoms in total. The summed E-state index contributed by atoms with van der Waals surface area (Å²) in [6.45, 7) is 6.75. The lowest BCUT2D eigenvalue weighted by Crippen LogP contribution is -2.35. The molecule has 2 rings (SSSR count). The highest BCUT2D eigenvalue weighted by molar-refractivity contribution is 5.23. The molecule has 19 heavy (non-hydrogen) atoms. The number of hydrogen-bond acceptors (Lipinski definition) is 1. The van der Waals surface area contributed by atoms with Crippen molar-refractivity contribution in [2.24, 2.45) is 5.92 Å². The normalized spacial score (nSPS) is 25.2. The summed E-state index contributed by atoms with van der Waals surface area (Å²) in [5.74, 6) is 0.998. The van der Waals surface area contributed by atoms with Gasteiger partial charge in [-0.3, -0.25) is 0 Å². The molecule has 1 atom stereocenters. The van der Waals surface area contributed by atoms with Gasteiger partial charge in [-0.2, -0.15) is 0 Å². The smallest absolute Gasteiger partial charge is 0.0294 e. The van der Waals surface area contributed by atoms with E-state index in [0.29, 0.717) is 6.04 Å². The van der Waals surface area contributed by atoms with Crippen LogP contribution in [0.15, 0.2) is 24.3 Å². The highest BCUT2D eigenvalue weighted by Crippen LogP contribution is 2.29. The summed E-state index contributed by atoms with van der Waals surface area (Å²) in [6, 6.07) is 10.2. The Morgan fingerprint density at radius 2 is 1.74 bits per heavy atom. The van der Waals surface area contributed by atoms with Crippen molar-refractivity contribution >= 4 is 0 Å². The first-order valence-electron chi connectivity index (χ1n) is 8.01. The van der Waals surface area contributed by atoms with Gasteiger partial charge in [-0.25, -0.2) is 0 Å². The van der Waals surface area contributed by atoms with E-state index in [1.165, 1.54) is 49.7 Å². The van der Waals surface area contributed by atoms with Gasteiger partial charge >= 0.3 is 0 Å². The van der Waals surface area contributed by atoms with E-state index in [2.05, 4.69) is 50.4 Å². The molecular formula is C18H29N. The Morgan fingerprint density at radius 1 is 1.11 bits per heavy atom. The molecule has 1 N–H and O–H groups in total. The fourth-order valence-corrected chi connectivity index (χ4v) is 3.33. The molecule has 0 bridgehead atoms. The van der Waals surface area contributed by atoms with Crippen LogP contribution in [-0.4, -0.2) is 6.04 Å². The minimum absolute atomic E-state index is 0.480. The molecule has 1 aromatic rings. The molecule has 0 radical (unpaired) electrons. The summed E-state index contributed by atoms with van der Waals surface area (Å²) in [7, 11) is 0. The molecule has 0 heterocycles. The van der Waals surface area contributed by atoms with Crippen LogP contribution in [0.3, 0.4) is 0 Å². The number of nitrogens with one attached hydrogen (secondary N) is 1. The lowest BCUT2D eigenvalue weighted by molar-refractivity contribution is 0.266. The zero-order valence-corrected chi connectivity index (χ0v) is 12.8. The predicted molar refractivity (Wildman–Crippen MR) is 83.4 cm³/mol. The Labute approximate surface area is 118 Å². The van der Waals surface area contributed by atoms with Crippen molar-refractivity contribution < 1.29 is 0 Å². The van der Waals surface area contributed by atoms with Crippen LogP contribution in [0, 0.1) is 12.8 Å². The Bertz CT molecular complexity index is 360. The average molecular weight is 259 g/mol. The van der Waals surface area contributed by atoms with Crippen LogP contribution >= 0.6 is 0 Å². The SMILES string of the molecule is CCCC1CCC(N[C@H](C)c2ccc(C)cc2)CC1. The van der Waals surface area contributed by atoms with Gasteiger partial charge in [-0.05, 0) is 51.0 Å². The minimum Gasteiger partial charge on any atom is -0.307 e. The summed E-state index contributed by atoms with van der Waals surface area (Å²) in [5, 5.41) is 3.82. The second-order valence-electron chi connectivity index (χ2n) is 6.31. The van der Waals surface area contributed by atoms with Gasteiger partial charge in [0.25, 0.3) is 0 Å². The standard InChI is InChI=1S/C18H29N/c1-4-5-16-8-12-18(13-9-16)19-15(3)17-10-6-14(2)7-11-17/h6-7,10-11,15-16,18-19H,4-5,8-9,12-13H2,1-3H3/t15-,16?,18?/m1/s1. The summed E-state index contributed by atoms with van der Waals surface area (Å²) < 4.78 is 0. The van der Waals surface area contributed by atoms with Crippen molar-refractivity contribution in [3.63, 3.8) is 0 Å². The van der Waals surface area contributed by atoms with Crippen molar-refractivity contribution in [2.45, 2.75) is 71.4 Å². The van der Waals surface area contributed by atoms with Crippen molar-refractivity contribution in [3.05, 3.63) is 35.4 Å². The summed E-state index contributed by atoms with van der Waals surface area (Å²) in [4.78, 5) is 0. The summed E-state index contributed by atoms with van der Waals surface area (Å²) >= 11 is 0. The fraction of sp³-hybridized carbons (Fsp3) is 0.667. The molecule has 1 aliphatic rings. The minimum atomic E-state index is 0.480. The van der Waals surface area contributed by atoms with E-state index in [1.807, 2.05) is 0 Å². The topological polar surface area (TPSA) is 12.0 Å². The van der Waals surface area contributed by atoms with Gasteiger partial charge in [0.2, 0.25) is 0 Å². The Morgan fingerprint density at radius 3 is 2.32 bits per heavy atom. The number of hydrogen-bond donors (Lipinski definition) is 1. The predicted octanol–water partition coefficient (Wildman–Crippen LogP) is 5.00. The van der Waals surface area contributed by atoms with Gasteiger partial charge in [0.1, 0.15) is 0 Å². The van der Waals surface area contributed by atoms with Crippen molar-refractivity contribution in [1.82, 2.24) is 5.32 Å². The molecule has 0 aliphatic heterocycles. The molecule has 0 spiro atoms. The zero-order chi connectivity index (χ0) is 13.7. The maximum atomic E-state index is 3.82. The molecule has 1 fully saturated rings. The monoisotopic (exact) mass is 259 g/mol. The summed E-state index contributed by atoms with van der Waals surface area (Å²) in [6.07, 6.45) is 8.35. The Kier molecular flexibility index (Phi) is 5.45. The molecule has 106 valence electrons. The van der Waals surface area contributed by atoms with Crippen LogP contribution in [0.25, 0.3) is 0 Å². The molecule has 0 unspecified atom stereocenters. The van der Waals surface area contributed by atoms with Crippen LogP contribution in [0.2, 0.25) is 0 Å². The molecule has 0 aromatic heterocycles. The fourth-order valence-electron chi connectivity index (χ4n) is 3.33. The molecule has 1 aromatic carbocycles. The lowest BCUT2D eigenvalue weighted by Gasteiger charge is -2.31. The van der Waals surface area contributed by atoms with Gasteiger partial charge in [0.05, 0.1) is 0 Å². The molecular weight excluding hydrogens is 230 g/mol. The van der Waals surface area contributed by atoms with E-state index < -0.39 is 0 Å². The van der Waals surface area contributed by atoms with Gasteiger partial charge in [-0.15, -0.1) is 0 Å². The maximum absolute atomic E-state index is 3.82. The van der Waals surface area contributed by atoms with E-state index in [1.54, 1.807) is 0 Å². The first kappa shape index (κ1) is 14.6. The zero-order valence-electron chi connectivity index (χ0n) is 12.8. The first-order chi connectivity index (χ1) is 9.19. The molecule has 1 heteroatoms. The third kappa shape index (κ3) is 4.35. The maximum Gasteiger partial charge on any atom is 0.0294 e. The van der Waals surface area contributed by atoms with Crippen LogP contribution in [0.1, 0.15) is 69.5 Å². The molecule has 1 aliphatic carbocycles. The first-order valence-corrected chi connectivity index (χ1v) is 8.01. The van der Waals surface area contributed by atoms with E-state index in [9.17, 15) is 0 Å². The quantitative estimate of drug-likeness (QED) is 0.784. The highest BCUT2D eigenvalue weighted by Gasteiger charge is 2.21. The second kappa shape index (κ2) is 7.09. The van der Waals surface area contributed by atoms with E-state index in [-0.39, 0.29) is 0 Å². The van der Waals surface area contributed by atoms with E-state index in [4.69, 9.17) is 0 Å². The molecule has 0 saturated heterocycles. The van der Waals surface area contributed by atoms with Gasteiger partial charge < -0.3 is 5.32 Å². The number of rotatable bonds is 5. The number of aryl methyl sites for hydroxylation is 1. The van der Waals surface area contributed by atoms with Crippen molar-refractivity contribution in [2.75, 3.05) is 0 Å². The van der Waals surface area contributed by atoms with E-state index >= 15 is 0 Å². The van der Waals surface area contributed by atoms with Gasteiger partial charge in [-0.1, -0.05) is 49.6 Å². The average Bonchev–Trinajstić information content (AvgIpc) is 2.42. The van der Waals surface area contributed by atoms with Crippen LogP contribution in [-0.2, 0) is 0 Å². The molecule has 0 amide bonds. The van der Waals surface area contributed by atoms with Crippen LogP contribution < -0.4 is 5.32 Å². The Balaban J connectivity index is 1.80. The van der Waals surface area contributed by atoms with Gasteiger partial charge in [0.15, 0.2) is 0 Å². The van der Waals surface area contributed by atoms with E-state index in [0.717, 1.165) is 12.0 Å². The van der Waals surface area contributed by atoms with Gasteiger partial charge in [0, 0.05) is 12.1 Å². The second-order valence-corrected chi connectivity index (χ2v) is 6.31. The highest BCUT2D eigenvalue weighted by atomic mass is 14.9. The lowest BCUT2D eigenvalue weighted by atomic mass is 9.83.